The van der Waals surface area contributed by atoms with Gasteiger partial charge in [0.1, 0.15) is 11.9 Å². The van der Waals surface area contributed by atoms with Crippen LogP contribution in [-0.4, -0.2) is 8.49 Å². The minimum absolute atomic E-state index is 0.106. The molecule has 0 unspecified atom stereocenters. The van der Waals surface area contributed by atoms with E-state index in [-0.39, 0.29) is 43.8 Å². The number of hydrogen-bond acceptors (Lipinski definition) is 3. The zero-order chi connectivity index (χ0) is 19.2. The molecule has 1 aromatic carbocycles. The molecule has 0 radical (unpaired) electrons. The number of nitrogen functional groups attached to an aromatic ring is 1. The third kappa shape index (κ3) is 4.41. The van der Waals surface area contributed by atoms with Crippen molar-refractivity contribution in [3.05, 3.63) is 39.5 Å². The third-order valence-corrected chi connectivity index (χ3v) is 4.82. The summed E-state index contributed by atoms with van der Waals surface area (Å²) in [6.45, 7) is 0. The molecule has 0 amide bonds. The van der Waals surface area contributed by atoms with E-state index >= 15 is 0 Å². The largest absolute Gasteiger partial charge is 0.416 e. The average molecular weight is 453 g/mol. The lowest BCUT2D eigenvalue weighted by Crippen LogP contribution is -2.07. The molecule has 3 nitrogen and oxygen atoms in total. The number of nitriles is 1. The number of alkyl halides is 6. The summed E-state index contributed by atoms with van der Waals surface area (Å²) in [4.78, 5) is -0.109. The quantitative estimate of drug-likeness (QED) is 0.332. The maximum atomic E-state index is 13.5. The molecule has 2 N–H and O–H groups in total. The van der Waals surface area contributed by atoms with Gasteiger partial charge in [0.15, 0.2) is 0 Å². The summed E-state index contributed by atoms with van der Waals surface area (Å²) in [5.74, 6) is -0.214. The zero-order valence-electron chi connectivity index (χ0n) is 11.6. The van der Waals surface area contributed by atoms with Gasteiger partial charge in [0.2, 0.25) is 0 Å². The van der Waals surface area contributed by atoms with E-state index in [4.69, 9.17) is 57.4 Å². The molecule has 12 heteroatoms. The lowest BCUT2D eigenvalue weighted by molar-refractivity contribution is -0.137. The highest BCUT2D eigenvalue weighted by Gasteiger charge is 2.33. The Kier molecular flexibility index (Phi) is 5.67. The minimum atomic E-state index is -4.65. The highest BCUT2D eigenvalue weighted by molar-refractivity contribution is 8.03. The number of thioether (sulfide) groups is 1. The van der Waals surface area contributed by atoms with Crippen molar-refractivity contribution in [2.45, 2.75) is 15.0 Å². The van der Waals surface area contributed by atoms with Crippen molar-refractivity contribution >= 4 is 64.0 Å². The predicted octanol–water partition coefficient (Wildman–Crippen LogP) is 6.41. The first-order chi connectivity index (χ1) is 11.3. The zero-order valence-corrected chi connectivity index (χ0v) is 15.5. The molecule has 0 aliphatic heterocycles. The van der Waals surface area contributed by atoms with Gasteiger partial charge in [-0.3, -0.25) is 4.57 Å². The standard InChI is InChI=1S/C13H5Cl4F4N3S/c14-7-1-6(12(18,19)20)2-8(15)9(7)24-4-5(3-22)10(11(24)23)25-13(16,17)21/h1-2,4H,23H2. The monoisotopic (exact) mass is 451 g/mol. The molecule has 0 spiro atoms. The molecule has 1 heterocycles. The molecular formula is C13H5Cl4F4N3S. The van der Waals surface area contributed by atoms with Crippen molar-refractivity contribution in [2.75, 3.05) is 5.73 Å². The van der Waals surface area contributed by atoms with Crippen LogP contribution in [0.4, 0.5) is 23.4 Å². The van der Waals surface area contributed by atoms with E-state index in [0.717, 1.165) is 10.8 Å². The van der Waals surface area contributed by atoms with Crippen LogP contribution in [0, 0.1) is 11.3 Å². The van der Waals surface area contributed by atoms with Crippen LogP contribution < -0.4 is 5.73 Å². The van der Waals surface area contributed by atoms with Gasteiger partial charge in [-0.2, -0.15) is 22.8 Å². The van der Waals surface area contributed by atoms with Crippen molar-refractivity contribution in [2.24, 2.45) is 0 Å². The highest BCUT2D eigenvalue weighted by Crippen LogP contribution is 2.47. The summed E-state index contributed by atoms with van der Waals surface area (Å²) in [7, 11) is 0. The molecule has 2 rings (SSSR count). The van der Waals surface area contributed by atoms with Crippen molar-refractivity contribution in [3.8, 4) is 11.8 Å². The van der Waals surface area contributed by atoms with Gasteiger partial charge in [0, 0.05) is 6.20 Å². The van der Waals surface area contributed by atoms with Crippen LogP contribution in [0.25, 0.3) is 5.69 Å². The Morgan fingerprint density at radius 3 is 2.04 bits per heavy atom. The lowest BCUT2D eigenvalue weighted by Gasteiger charge is -2.15. The van der Waals surface area contributed by atoms with Gasteiger partial charge in [-0.1, -0.05) is 46.4 Å². The number of halogens is 8. The second kappa shape index (κ2) is 6.97. The molecule has 2 aromatic rings. The number of anilines is 1. The van der Waals surface area contributed by atoms with Gasteiger partial charge in [-0.05, 0) is 23.9 Å². The van der Waals surface area contributed by atoms with Crippen LogP contribution >= 0.6 is 58.2 Å². The molecule has 0 aliphatic rings. The molecular weight excluding hydrogens is 448 g/mol. The number of nitrogens with two attached hydrogens (primary N) is 1. The molecule has 25 heavy (non-hydrogen) atoms. The molecule has 0 aliphatic carbocycles. The smallest absolute Gasteiger partial charge is 0.384 e. The number of hydrogen-bond donors (Lipinski definition) is 1. The Balaban J connectivity index is 2.66. The Morgan fingerprint density at radius 2 is 1.64 bits per heavy atom. The molecule has 134 valence electrons. The van der Waals surface area contributed by atoms with Gasteiger partial charge in [-0.15, -0.1) is 0 Å². The van der Waals surface area contributed by atoms with Crippen LogP contribution in [-0.2, 0) is 6.18 Å². The fourth-order valence-corrected chi connectivity index (χ4v) is 3.73. The SMILES string of the molecule is N#Cc1cn(-c2c(Cl)cc(C(F)(F)F)cc2Cl)c(N)c1SC(F)(Cl)Cl. The number of aromatic nitrogens is 1. The van der Waals surface area contributed by atoms with Crippen LogP contribution in [0.15, 0.2) is 23.2 Å². The van der Waals surface area contributed by atoms with Crippen molar-refractivity contribution in [1.29, 1.82) is 5.26 Å². The van der Waals surface area contributed by atoms with E-state index < -0.39 is 15.7 Å². The van der Waals surface area contributed by atoms with Crippen molar-refractivity contribution in [1.82, 2.24) is 4.57 Å². The van der Waals surface area contributed by atoms with E-state index in [9.17, 15) is 17.6 Å². The van der Waals surface area contributed by atoms with Crippen LogP contribution in [0.5, 0.6) is 0 Å². The Bertz CT molecular complexity index is 845. The number of rotatable bonds is 3. The molecule has 0 saturated carbocycles. The van der Waals surface area contributed by atoms with Gasteiger partial charge >= 0.3 is 10.1 Å². The van der Waals surface area contributed by atoms with Crippen LogP contribution in [0.1, 0.15) is 11.1 Å². The summed E-state index contributed by atoms with van der Waals surface area (Å²) < 4.78 is 50.2. The molecule has 1 aromatic heterocycles. The van der Waals surface area contributed by atoms with E-state index in [1.165, 1.54) is 0 Å². The van der Waals surface area contributed by atoms with Gasteiger partial charge in [0.05, 0.1) is 31.8 Å². The van der Waals surface area contributed by atoms with Crippen molar-refractivity contribution < 1.29 is 17.6 Å². The maximum absolute atomic E-state index is 13.5. The number of nitrogens with zero attached hydrogens (tertiary/aromatic N) is 2. The molecule has 0 atom stereocenters. The van der Waals surface area contributed by atoms with Crippen LogP contribution in [0.3, 0.4) is 0 Å². The second-order valence-electron chi connectivity index (χ2n) is 4.57. The fourth-order valence-electron chi connectivity index (χ4n) is 1.95. The predicted molar refractivity (Wildman–Crippen MR) is 91.3 cm³/mol. The third-order valence-electron chi connectivity index (χ3n) is 2.92. The maximum Gasteiger partial charge on any atom is 0.416 e. The minimum Gasteiger partial charge on any atom is -0.384 e. The van der Waals surface area contributed by atoms with Crippen molar-refractivity contribution in [3.63, 3.8) is 0 Å². The Hall–Kier alpha value is -0.980. The first kappa shape index (κ1) is 20.3. The van der Waals surface area contributed by atoms with Crippen LogP contribution in [0.2, 0.25) is 10.0 Å². The fraction of sp³-hybridized carbons (Fsp3) is 0.154. The average Bonchev–Trinajstić information content (AvgIpc) is 2.73. The summed E-state index contributed by atoms with van der Waals surface area (Å²) in [6, 6.07) is 3.06. The summed E-state index contributed by atoms with van der Waals surface area (Å²) in [5, 5.41) is 8.39. The first-order valence-corrected chi connectivity index (χ1v) is 8.41. The van der Waals surface area contributed by atoms with Gasteiger partial charge in [0.25, 0.3) is 0 Å². The normalized spacial score (nSPS) is 12.3. The lowest BCUT2D eigenvalue weighted by atomic mass is 10.2. The summed E-state index contributed by atoms with van der Waals surface area (Å²) >= 11 is 22.6. The first-order valence-electron chi connectivity index (χ1n) is 6.08. The Labute approximate surface area is 163 Å². The molecule has 0 saturated heterocycles. The Morgan fingerprint density at radius 1 is 1.12 bits per heavy atom. The number of benzene rings is 1. The van der Waals surface area contributed by atoms with E-state index in [1.807, 2.05) is 0 Å². The summed E-state index contributed by atoms with van der Waals surface area (Å²) in [6.07, 6.45) is -3.52. The highest BCUT2D eigenvalue weighted by atomic mass is 35.5. The second-order valence-corrected chi connectivity index (χ2v) is 8.25. The van der Waals surface area contributed by atoms with E-state index in [0.29, 0.717) is 12.1 Å². The topological polar surface area (TPSA) is 54.7 Å². The molecule has 0 fully saturated rings. The van der Waals surface area contributed by atoms with Gasteiger partial charge < -0.3 is 5.73 Å². The summed E-state index contributed by atoms with van der Waals surface area (Å²) in [5.41, 5.74) is 4.57. The van der Waals surface area contributed by atoms with E-state index in [1.54, 1.807) is 6.07 Å². The molecule has 0 bridgehead atoms. The van der Waals surface area contributed by atoms with E-state index in [2.05, 4.69) is 0 Å². The van der Waals surface area contributed by atoms with Gasteiger partial charge in [-0.25, -0.2) is 0 Å².